The number of aromatic nitrogens is 1. The van der Waals surface area contributed by atoms with Gasteiger partial charge >= 0.3 is 0 Å². The van der Waals surface area contributed by atoms with Crippen molar-refractivity contribution in [1.29, 1.82) is 0 Å². The van der Waals surface area contributed by atoms with Crippen molar-refractivity contribution in [2.24, 2.45) is 0 Å². The highest BCUT2D eigenvalue weighted by Crippen LogP contribution is 1.92. The molecule has 2 nitrogen and oxygen atoms in total. The molecule has 60 valence electrons. The molecule has 11 heavy (non-hydrogen) atoms. The Hall–Kier alpha value is -0.890. The van der Waals surface area contributed by atoms with Gasteiger partial charge in [0.25, 0.3) is 0 Å². The van der Waals surface area contributed by atoms with Crippen LogP contribution < -0.4 is 0 Å². The second-order valence-corrected chi connectivity index (χ2v) is 1.77. The van der Waals surface area contributed by atoms with Gasteiger partial charge in [-0.2, -0.15) is 0 Å². The Labute approximate surface area is 71.2 Å². The number of Topliss-reactive ketones (excluding diaryl/α,β-unsaturated/α-hetero) is 1. The van der Waals surface area contributed by atoms with E-state index < -0.39 is 0 Å². The number of carbonyl (C=O) groups excluding carboxylic acids is 1. The second kappa shape index (κ2) is 5.86. The number of hydrogen-bond acceptors (Lipinski definition) is 2. The average Bonchev–Trinajstić information content (AvgIpc) is 2.10. The van der Waals surface area contributed by atoms with Crippen LogP contribution in [0.15, 0.2) is 24.4 Å². The Bertz CT molecular complexity index is 211. The van der Waals surface area contributed by atoms with Crippen LogP contribution in [0, 0.1) is 0 Å². The number of carbonyl (C=O) groups is 1. The van der Waals surface area contributed by atoms with E-state index in [1.165, 1.54) is 13.3 Å². The predicted molar refractivity (Wildman–Crippen MR) is 46.0 cm³/mol. The Kier molecular flexibility index (Phi) is 5.39. The number of alkyl halides is 1. The van der Waals surface area contributed by atoms with E-state index in [4.69, 9.17) is 0 Å². The summed E-state index contributed by atoms with van der Waals surface area (Å²) in [6.07, 6.45) is 3.08. The zero-order valence-electron chi connectivity index (χ0n) is 6.54. The molecule has 3 heteroatoms. The molecule has 1 rings (SSSR count). The molecular formula is C8H10ClNO. The lowest BCUT2D eigenvalue weighted by Gasteiger charge is -1.88. The van der Waals surface area contributed by atoms with Gasteiger partial charge in [-0.1, -0.05) is 6.07 Å². The van der Waals surface area contributed by atoms with Crippen LogP contribution in [0.5, 0.6) is 0 Å². The van der Waals surface area contributed by atoms with Crippen molar-refractivity contribution in [3.63, 3.8) is 0 Å². The summed E-state index contributed by atoms with van der Waals surface area (Å²) in [6.45, 7) is 1.50. The molecule has 0 radical (unpaired) electrons. The monoisotopic (exact) mass is 171 g/mol. The van der Waals surface area contributed by atoms with Gasteiger partial charge in [0.05, 0.1) is 0 Å². The van der Waals surface area contributed by atoms with E-state index in [-0.39, 0.29) is 5.78 Å². The minimum Gasteiger partial charge on any atom is -0.293 e. The number of nitrogens with zero attached hydrogens (tertiary/aromatic N) is 1. The molecule has 0 fully saturated rings. The number of ketones is 1. The number of pyridine rings is 1. The summed E-state index contributed by atoms with van der Waals surface area (Å²) in [5.74, 6) is 0.00981. The summed E-state index contributed by atoms with van der Waals surface area (Å²) < 4.78 is 0. The summed E-state index contributed by atoms with van der Waals surface area (Å²) in [7, 11) is 0. The molecule has 0 amide bonds. The highest BCUT2D eigenvalue weighted by atomic mass is 35.5. The lowest BCUT2D eigenvalue weighted by Crippen LogP contribution is -1.93. The molecule has 0 spiro atoms. The summed E-state index contributed by atoms with van der Waals surface area (Å²) in [5.41, 5.74) is 0.525. The second-order valence-electron chi connectivity index (χ2n) is 1.77. The van der Waals surface area contributed by atoms with E-state index in [1.54, 1.807) is 24.4 Å². The maximum Gasteiger partial charge on any atom is 0.178 e. The van der Waals surface area contributed by atoms with Crippen LogP contribution in [0.25, 0.3) is 0 Å². The zero-order valence-corrected chi connectivity index (χ0v) is 7.30. The Morgan fingerprint density at radius 3 is 2.36 bits per heavy atom. The van der Waals surface area contributed by atoms with Crippen molar-refractivity contribution in [3.8, 4) is 0 Å². The van der Waals surface area contributed by atoms with Crippen LogP contribution in [-0.4, -0.2) is 17.2 Å². The standard InChI is InChI=1S/C7H7NO.CH3Cl/c1-6(9)7-4-2-3-5-8-7;1-2/h2-5H,1H3;1H3. The first-order valence-electron chi connectivity index (χ1n) is 3.10. The van der Waals surface area contributed by atoms with Crippen molar-refractivity contribution in [3.05, 3.63) is 30.1 Å². The van der Waals surface area contributed by atoms with Crippen LogP contribution >= 0.6 is 11.6 Å². The molecule has 0 atom stereocenters. The highest BCUT2D eigenvalue weighted by molar-refractivity contribution is 6.15. The third-order valence-corrected chi connectivity index (χ3v) is 1.03. The molecule has 0 N–H and O–H groups in total. The third-order valence-electron chi connectivity index (χ3n) is 1.03. The van der Waals surface area contributed by atoms with Crippen LogP contribution in [0.3, 0.4) is 0 Å². The van der Waals surface area contributed by atoms with E-state index in [1.807, 2.05) is 0 Å². The molecule has 1 aromatic heterocycles. The lowest BCUT2D eigenvalue weighted by molar-refractivity contribution is 0.101. The van der Waals surface area contributed by atoms with Gasteiger partial charge in [0.2, 0.25) is 0 Å². The van der Waals surface area contributed by atoms with Gasteiger partial charge in [0.15, 0.2) is 5.78 Å². The SMILES string of the molecule is CC(=O)c1ccccn1.CCl. The zero-order chi connectivity index (χ0) is 8.69. The van der Waals surface area contributed by atoms with E-state index in [0.29, 0.717) is 5.69 Å². The van der Waals surface area contributed by atoms with Gasteiger partial charge in [-0.25, -0.2) is 0 Å². The molecule has 0 aliphatic heterocycles. The molecular weight excluding hydrogens is 162 g/mol. The summed E-state index contributed by atoms with van der Waals surface area (Å²) in [5, 5.41) is 0. The van der Waals surface area contributed by atoms with Crippen molar-refractivity contribution < 1.29 is 4.79 Å². The minimum atomic E-state index is 0.00981. The largest absolute Gasteiger partial charge is 0.293 e. The van der Waals surface area contributed by atoms with Crippen molar-refractivity contribution >= 4 is 17.4 Å². The Morgan fingerprint density at radius 2 is 2.09 bits per heavy atom. The molecule has 0 aromatic carbocycles. The van der Waals surface area contributed by atoms with Gasteiger partial charge < -0.3 is 0 Å². The molecule has 0 unspecified atom stereocenters. The van der Waals surface area contributed by atoms with Crippen LogP contribution in [0.4, 0.5) is 0 Å². The van der Waals surface area contributed by atoms with E-state index in [9.17, 15) is 4.79 Å². The molecule has 0 saturated carbocycles. The fraction of sp³-hybridized carbons (Fsp3) is 0.250. The van der Waals surface area contributed by atoms with E-state index in [2.05, 4.69) is 16.6 Å². The smallest absolute Gasteiger partial charge is 0.178 e. The predicted octanol–water partition coefficient (Wildman–Crippen LogP) is 2.14. The Balaban J connectivity index is 0.000000461. The topological polar surface area (TPSA) is 30.0 Å². The maximum atomic E-state index is 10.6. The average molecular weight is 172 g/mol. The Morgan fingerprint density at radius 1 is 1.45 bits per heavy atom. The van der Waals surface area contributed by atoms with Gasteiger partial charge in [-0.3, -0.25) is 9.78 Å². The molecule has 0 aliphatic carbocycles. The van der Waals surface area contributed by atoms with Gasteiger partial charge in [-0.15, -0.1) is 11.6 Å². The van der Waals surface area contributed by atoms with Gasteiger partial charge in [0, 0.05) is 19.5 Å². The third kappa shape index (κ3) is 3.73. The normalized spacial score (nSPS) is 7.91. The first-order valence-corrected chi connectivity index (χ1v) is 3.86. The van der Waals surface area contributed by atoms with Gasteiger partial charge in [-0.05, 0) is 12.1 Å². The van der Waals surface area contributed by atoms with E-state index in [0.717, 1.165) is 0 Å². The quantitative estimate of drug-likeness (QED) is 0.479. The summed E-state index contributed by atoms with van der Waals surface area (Å²) in [4.78, 5) is 14.4. The first-order chi connectivity index (χ1) is 5.30. The fourth-order valence-electron chi connectivity index (χ4n) is 0.571. The maximum absolute atomic E-state index is 10.6. The van der Waals surface area contributed by atoms with Crippen LogP contribution in [0.1, 0.15) is 17.4 Å². The molecule has 1 aromatic rings. The van der Waals surface area contributed by atoms with Crippen LogP contribution in [-0.2, 0) is 0 Å². The first kappa shape index (κ1) is 10.1. The number of rotatable bonds is 1. The van der Waals surface area contributed by atoms with Crippen LogP contribution in [0.2, 0.25) is 0 Å². The van der Waals surface area contributed by atoms with Crippen molar-refractivity contribution in [2.75, 3.05) is 6.38 Å². The summed E-state index contributed by atoms with van der Waals surface area (Å²) in [6, 6.07) is 5.28. The van der Waals surface area contributed by atoms with E-state index >= 15 is 0 Å². The molecule has 1 heterocycles. The lowest BCUT2D eigenvalue weighted by atomic mass is 10.3. The minimum absolute atomic E-state index is 0.00981. The molecule has 0 aliphatic rings. The molecule has 0 saturated heterocycles. The fourth-order valence-corrected chi connectivity index (χ4v) is 0.571. The van der Waals surface area contributed by atoms with Crippen molar-refractivity contribution in [2.45, 2.75) is 6.92 Å². The molecule has 0 bridgehead atoms. The number of halogens is 1. The summed E-state index contributed by atoms with van der Waals surface area (Å²) >= 11 is 4.64. The highest BCUT2D eigenvalue weighted by Gasteiger charge is 1.94. The van der Waals surface area contributed by atoms with Gasteiger partial charge in [0.1, 0.15) is 5.69 Å². The number of hydrogen-bond donors (Lipinski definition) is 0. The van der Waals surface area contributed by atoms with Crippen molar-refractivity contribution in [1.82, 2.24) is 4.98 Å².